The molecule has 7 nitrogen and oxygen atoms in total. The van der Waals surface area contributed by atoms with Crippen LogP contribution in [-0.2, 0) is 14.3 Å². The molecule has 2 amide bonds. The number of rotatable bonds is 7. The summed E-state index contributed by atoms with van der Waals surface area (Å²) in [4.78, 5) is 36.9. The monoisotopic (exact) mass is 384 g/mol. The summed E-state index contributed by atoms with van der Waals surface area (Å²) in [7, 11) is 3.33. The second kappa shape index (κ2) is 9.55. The van der Waals surface area contributed by atoms with Gasteiger partial charge < -0.3 is 19.7 Å². The number of benzene rings is 2. The first-order chi connectivity index (χ1) is 13.3. The smallest absolute Gasteiger partial charge is 0.344 e. The van der Waals surface area contributed by atoms with E-state index in [0.29, 0.717) is 17.0 Å². The molecule has 28 heavy (non-hydrogen) atoms. The fraction of sp³-hybridized carbons (Fsp3) is 0.286. The molecule has 0 bridgehead atoms. The van der Waals surface area contributed by atoms with E-state index in [1.54, 1.807) is 44.4 Å². The van der Waals surface area contributed by atoms with Crippen molar-refractivity contribution in [2.75, 3.05) is 32.6 Å². The van der Waals surface area contributed by atoms with Crippen molar-refractivity contribution in [1.29, 1.82) is 0 Å². The van der Waals surface area contributed by atoms with Gasteiger partial charge in [-0.3, -0.25) is 9.59 Å². The third kappa shape index (κ3) is 6.12. The van der Waals surface area contributed by atoms with Gasteiger partial charge in [0.25, 0.3) is 11.8 Å². The molecule has 0 unspecified atom stereocenters. The highest BCUT2D eigenvalue weighted by Gasteiger charge is 2.11. The average molecular weight is 384 g/mol. The van der Waals surface area contributed by atoms with E-state index >= 15 is 0 Å². The summed E-state index contributed by atoms with van der Waals surface area (Å²) >= 11 is 0. The number of nitrogens with zero attached hydrogens (tertiary/aromatic N) is 1. The SMILES string of the molecule is Cc1ccc(OCC(=O)OCC(=O)Nc2ccc(C(=O)N(C)C)cc2)cc1C. The van der Waals surface area contributed by atoms with Gasteiger partial charge in [0.15, 0.2) is 13.2 Å². The van der Waals surface area contributed by atoms with Crippen molar-refractivity contribution in [2.45, 2.75) is 13.8 Å². The summed E-state index contributed by atoms with van der Waals surface area (Å²) in [6, 6.07) is 12.0. The molecule has 0 saturated carbocycles. The van der Waals surface area contributed by atoms with Crippen LogP contribution in [0.25, 0.3) is 0 Å². The van der Waals surface area contributed by atoms with E-state index in [4.69, 9.17) is 9.47 Å². The highest BCUT2D eigenvalue weighted by Crippen LogP contribution is 2.16. The fourth-order valence-corrected chi connectivity index (χ4v) is 2.29. The lowest BCUT2D eigenvalue weighted by molar-refractivity contribution is -0.149. The van der Waals surface area contributed by atoms with Crippen LogP contribution in [-0.4, -0.2) is 50.0 Å². The molecule has 0 radical (unpaired) electrons. The number of amides is 2. The molecule has 1 N–H and O–H groups in total. The highest BCUT2D eigenvalue weighted by atomic mass is 16.6. The van der Waals surface area contributed by atoms with Crippen molar-refractivity contribution in [3.63, 3.8) is 0 Å². The second-order valence-electron chi connectivity index (χ2n) is 6.52. The van der Waals surface area contributed by atoms with Crippen molar-refractivity contribution >= 4 is 23.5 Å². The molecule has 0 heterocycles. The summed E-state index contributed by atoms with van der Waals surface area (Å²) in [5, 5.41) is 2.60. The molecule has 2 rings (SSSR count). The van der Waals surface area contributed by atoms with Crippen molar-refractivity contribution in [3.05, 3.63) is 59.2 Å². The number of nitrogens with one attached hydrogen (secondary N) is 1. The Kier molecular flexibility index (Phi) is 7.14. The molecule has 148 valence electrons. The quantitative estimate of drug-likeness (QED) is 0.742. The Bertz CT molecular complexity index is 860. The van der Waals surface area contributed by atoms with Crippen LogP contribution in [0.2, 0.25) is 0 Å². The average Bonchev–Trinajstić information content (AvgIpc) is 2.67. The number of anilines is 1. The van der Waals surface area contributed by atoms with Gasteiger partial charge in [-0.1, -0.05) is 6.07 Å². The van der Waals surface area contributed by atoms with E-state index in [-0.39, 0.29) is 12.5 Å². The van der Waals surface area contributed by atoms with E-state index < -0.39 is 18.5 Å². The number of carbonyl (C=O) groups excluding carboxylic acids is 3. The minimum Gasteiger partial charge on any atom is -0.482 e. The molecule has 0 atom stereocenters. The van der Waals surface area contributed by atoms with Crippen LogP contribution in [0.5, 0.6) is 5.75 Å². The molecule has 0 aliphatic heterocycles. The number of hydrogen-bond acceptors (Lipinski definition) is 5. The topological polar surface area (TPSA) is 84.9 Å². The summed E-state index contributed by atoms with van der Waals surface area (Å²) < 4.78 is 10.3. The molecule has 0 saturated heterocycles. The van der Waals surface area contributed by atoms with Crippen LogP contribution < -0.4 is 10.1 Å². The summed E-state index contributed by atoms with van der Waals surface area (Å²) in [5.41, 5.74) is 3.20. The maximum absolute atomic E-state index is 11.9. The maximum atomic E-state index is 11.9. The molecule has 0 aliphatic carbocycles. The van der Waals surface area contributed by atoms with Crippen LogP contribution in [0.3, 0.4) is 0 Å². The minimum absolute atomic E-state index is 0.129. The molecule has 2 aromatic rings. The van der Waals surface area contributed by atoms with E-state index in [2.05, 4.69) is 5.32 Å². The van der Waals surface area contributed by atoms with E-state index in [1.165, 1.54) is 4.90 Å². The van der Waals surface area contributed by atoms with Crippen molar-refractivity contribution in [3.8, 4) is 5.75 Å². The second-order valence-corrected chi connectivity index (χ2v) is 6.52. The minimum atomic E-state index is -0.639. The maximum Gasteiger partial charge on any atom is 0.344 e. The largest absolute Gasteiger partial charge is 0.482 e. The molecule has 7 heteroatoms. The van der Waals surface area contributed by atoms with Crippen LogP contribution in [0.4, 0.5) is 5.69 Å². The molecule has 0 spiro atoms. The first-order valence-corrected chi connectivity index (χ1v) is 8.73. The van der Waals surface area contributed by atoms with E-state index in [0.717, 1.165) is 11.1 Å². The lowest BCUT2D eigenvalue weighted by atomic mass is 10.1. The standard InChI is InChI=1S/C21H24N2O5/c1-14-5-10-18(11-15(14)2)27-13-20(25)28-12-19(24)22-17-8-6-16(7-9-17)21(26)23(3)4/h5-11H,12-13H2,1-4H3,(H,22,24). The van der Waals surface area contributed by atoms with Gasteiger partial charge in [0.2, 0.25) is 0 Å². The Balaban J connectivity index is 1.76. The summed E-state index contributed by atoms with van der Waals surface area (Å²) in [6.45, 7) is 3.23. The zero-order valence-electron chi connectivity index (χ0n) is 16.4. The van der Waals surface area contributed by atoms with Gasteiger partial charge in [-0.15, -0.1) is 0 Å². The molecule has 2 aromatic carbocycles. The number of ether oxygens (including phenoxy) is 2. The summed E-state index contributed by atoms with van der Waals surface area (Å²) in [5.74, 6) is -0.682. The van der Waals surface area contributed by atoms with Gasteiger partial charge in [-0.25, -0.2) is 4.79 Å². The van der Waals surface area contributed by atoms with E-state index in [9.17, 15) is 14.4 Å². The van der Waals surface area contributed by atoms with Crippen LogP contribution in [0, 0.1) is 13.8 Å². The lowest BCUT2D eigenvalue weighted by Crippen LogP contribution is -2.24. The van der Waals surface area contributed by atoms with Gasteiger partial charge in [0, 0.05) is 25.3 Å². The van der Waals surface area contributed by atoms with E-state index in [1.807, 2.05) is 26.0 Å². The Labute approximate surface area is 164 Å². The zero-order chi connectivity index (χ0) is 20.7. The van der Waals surface area contributed by atoms with Gasteiger partial charge in [0.1, 0.15) is 5.75 Å². The molecular formula is C21H24N2O5. The molecule has 0 aromatic heterocycles. The zero-order valence-corrected chi connectivity index (χ0v) is 16.4. The number of esters is 1. The first-order valence-electron chi connectivity index (χ1n) is 8.73. The lowest BCUT2D eigenvalue weighted by Gasteiger charge is -2.11. The number of aryl methyl sites for hydroxylation is 2. The Hall–Kier alpha value is -3.35. The van der Waals surface area contributed by atoms with Gasteiger partial charge >= 0.3 is 5.97 Å². The van der Waals surface area contributed by atoms with Crippen molar-refractivity contribution in [1.82, 2.24) is 4.90 Å². The van der Waals surface area contributed by atoms with Crippen molar-refractivity contribution in [2.24, 2.45) is 0 Å². The van der Waals surface area contributed by atoms with Gasteiger partial charge in [-0.2, -0.15) is 0 Å². The first kappa shape index (κ1) is 21.0. The van der Waals surface area contributed by atoms with Crippen LogP contribution >= 0.6 is 0 Å². The third-order valence-corrected chi connectivity index (χ3v) is 4.02. The normalized spacial score (nSPS) is 10.1. The predicted molar refractivity (Wildman–Crippen MR) is 105 cm³/mol. The Morgan fingerprint density at radius 3 is 2.21 bits per heavy atom. The van der Waals surface area contributed by atoms with Crippen LogP contribution in [0.15, 0.2) is 42.5 Å². The van der Waals surface area contributed by atoms with Gasteiger partial charge in [-0.05, 0) is 61.4 Å². The number of hydrogen-bond donors (Lipinski definition) is 1. The highest BCUT2D eigenvalue weighted by molar-refractivity contribution is 5.96. The van der Waals surface area contributed by atoms with Gasteiger partial charge in [0.05, 0.1) is 0 Å². The molecule has 0 aliphatic rings. The van der Waals surface area contributed by atoms with Crippen molar-refractivity contribution < 1.29 is 23.9 Å². The number of carbonyl (C=O) groups is 3. The molecular weight excluding hydrogens is 360 g/mol. The Morgan fingerprint density at radius 2 is 1.61 bits per heavy atom. The fourth-order valence-electron chi connectivity index (χ4n) is 2.29. The third-order valence-electron chi connectivity index (χ3n) is 4.02. The predicted octanol–water partition coefficient (Wildman–Crippen LogP) is 2.57. The Morgan fingerprint density at radius 1 is 0.929 bits per heavy atom. The molecule has 0 fully saturated rings. The van der Waals surface area contributed by atoms with Crippen LogP contribution in [0.1, 0.15) is 21.5 Å². The summed E-state index contributed by atoms with van der Waals surface area (Å²) in [6.07, 6.45) is 0.